The molecule has 1 aromatic carbocycles. The van der Waals surface area contributed by atoms with Gasteiger partial charge in [-0.1, -0.05) is 36.4 Å². The number of amides is 1. The molecule has 1 saturated carbocycles. The Balaban J connectivity index is 1.51. The molecule has 0 radical (unpaired) electrons. The van der Waals surface area contributed by atoms with Crippen molar-refractivity contribution in [2.24, 2.45) is 10.9 Å². The summed E-state index contributed by atoms with van der Waals surface area (Å²) in [5.41, 5.74) is 2.01. The molecule has 1 fully saturated rings. The maximum absolute atomic E-state index is 11.7. The molecule has 3 N–H and O–H groups in total. The maximum Gasteiger partial charge on any atom is 0.223 e. The quantitative estimate of drug-likeness (QED) is 0.326. The smallest absolute Gasteiger partial charge is 0.223 e. The third kappa shape index (κ3) is 7.10. The molecule has 0 bridgehead atoms. The van der Waals surface area contributed by atoms with Crippen LogP contribution in [0.15, 0.2) is 53.7 Å². The summed E-state index contributed by atoms with van der Waals surface area (Å²) in [6.07, 6.45) is 3.76. The average molecular weight is 396 g/mol. The lowest BCUT2D eigenvalue weighted by Gasteiger charge is -2.13. The zero-order valence-corrected chi connectivity index (χ0v) is 16.9. The first-order chi connectivity index (χ1) is 14.3. The first-order valence-electron chi connectivity index (χ1n) is 10.2. The molecule has 1 aromatic heterocycles. The first kappa shape index (κ1) is 20.6. The molecule has 7 heteroatoms. The van der Waals surface area contributed by atoms with Gasteiger partial charge >= 0.3 is 0 Å². The van der Waals surface area contributed by atoms with Crippen LogP contribution in [0.4, 0.5) is 0 Å². The highest BCUT2D eigenvalue weighted by Gasteiger charge is 2.28. The summed E-state index contributed by atoms with van der Waals surface area (Å²) in [4.78, 5) is 20.7. The van der Waals surface area contributed by atoms with E-state index in [1.54, 1.807) is 6.20 Å². The van der Waals surface area contributed by atoms with Crippen molar-refractivity contribution in [2.75, 3.05) is 19.6 Å². The SMILES string of the molecule is CCNC(=NCc1cccnc1OCc1ccccc1)NCCNC(=O)C1CC1. The van der Waals surface area contributed by atoms with Gasteiger partial charge in [0.25, 0.3) is 0 Å². The van der Waals surface area contributed by atoms with Gasteiger partial charge in [-0.05, 0) is 31.4 Å². The largest absolute Gasteiger partial charge is 0.473 e. The number of nitrogens with one attached hydrogen (secondary N) is 3. The number of aliphatic imine (C=N–C) groups is 1. The third-order valence-electron chi connectivity index (χ3n) is 4.48. The normalized spacial score (nSPS) is 13.6. The van der Waals surface area contributed by atoms with Crippen LogP contribution in [0.3, 0.4) is 0 Å². The van der Waals surface area contributed by atoms with Crippen molar-refractivity contribution in [3.8, 4) is 5.88 Å². The highest BCUT2D eigenvalue weighted by Crippen LogP contribution is 2.28. The van der Waals surface area contributed by atoms with Gasteiger partial charge < -0.3 is 20.7 Å². The van der Waals surface area contributed by atoms with Crippen molar-refractivity contribution in [3.63, 3.8) is 0 Å². The second-order valence-electron chi connectivity index (χ2n) is 6.93. The molecule has 0 aliphatic heterocycles. The van der Waals surface area contributed by atoms with E-state index in [9.17, 15) is 4.79 Å². The topological polar surface area (TPSA) is 87.6 Å². The van der Waals surface area contributed by atoms with Crippen LogP contribution in [-0.4, -0.2) is 36.5 Å². The Morgan fingerprint density at radius 2 is 1.90 bits per heavy atom. The summed E-state index contributed by atoms with van der Waals surface area (Å²) in [5, 5.41) is 9.41. The summed E-state index contributed by atoms with van der Waals surface area (Å²) in [7, 11) is 0. The summed E-state index contributed by atoms with van der Waals surface area (Å²) >= 11 is 0. The van der Waals surface area contributed by atoms with E-state index in [0.29, 0.717) is 38.1 Å². The molecule has 29 heavy (non-hydrogen) atoms. The minimum Gasteiger partial charge on any atom is -0.473 e. The first-order valence-corrected chi connectivity index (χ1v) is 10.2. The van der Waals surface area contributed by atoms with Crippen LogP contribution >= 0.6 is 0 Å². The minimum absolute atomic E-state index is 0.157. The minimum atomic E-state index is 0.157. The molecule has 1 aliphatic carbocycles. The molecule has 0 saturated heterocycles. The average Bonchev–Trinajstić information content (AvgIpc) is 3.60. The number of hydrogen-bond donors (Lipinski definition) is 3. The van der Waals surface area contributed by atoms with E-state index in [1.165, 1.54) is 0 Å². The van der Waals surface area contributed by atoms with Gasteiger partial charge in [0.1, 0.15) is 6.61 Å². The van der Waals surface area contributed by atoms with Gasteiger partial charge in [-0.25, -0.2) is 9.98 Å². The second-order valence-corrected chi connectivity index (χ2v) is 6.93. The molecule has 7 nitrogen and oxygen atoms in total. The molecular formula is C22H29N5O2. The van der Waals surface area contributed by atoms with Crippen LogP contribution in [0, 0.1) is 5.92 Å². The van der Waals surface area contributed by atoms with Gasteiger partial charge in [0.2, 0.25) is 11.8 Å². The predicted molar refractivity (Wildman–Crippen MR) is 114 cm³/mol. The monoisotopic (exact) mass is 395 g/mol. The molecule has 0 unspecified atom stereocenters. The summed E-state index contributed by atoms with van der Waals surface area (Å²) in [5.74, 6) is 1.68. The van der Waals surface area contributed by atoms with Gasteiger partial charge in [-0.15, -0.1) is 0 Å². The van der Waals surface area contributed by atoms with Crippen LogP contribution in [0.2, 0.25) is 0 Å². The van der Waals surface area contributed by atoms with Crippen LogP contribution in [0.5, 0.6) is 5.88 Å². The van der Waals surface area contributed by atoms with E-state index in [0.717, 1.165) is 30.5 Å². The van der Waals surface area contributed by atoms with E-state index in [4.69, 9.17) is 4.74 Å². The van der Waals surface area contributed by atoms with Crippen LogP contribution in [0.25, 0.3) is 0 Å². The standard InChI is InChI=1S/C22H29N5O2/c1-2-23-22(26-14-13-24-20(28)18-10-11-18)27-15-19-9-6-12-25-21(19)29-16-17-7-4-3-5-8-17/h3-9,12,18H,2,10-11,13-16H2,1H3,(H,24,28)(H2,23,26,27). The number of ether oxygens (including phenoxy) is 1. The molecule has 0 spiro atoms. The lowest BCUT2D eigenvalue weighted by molar-refractivity contribution is -0.122. The number of pyridine rings is 1. The number of hydrogen-bond acceptors (Lipinski definition) is 4. The maximum atomic E-state index is 11.7. The van der Waals surface area contributed by atoms with Crippen LogP contribution in [-0.2, 0) is 17.9 Å². The Labute approximate surface area is 172 Å². The lowest BCUT2D eigenvalue weighted by Crippen LogP contribution is -2.41. The van der Waals surface area contributed by atoms with E-state index in [2.05, 4.69) is 25.9 Å². The van der Waals surface area contributed by atoms with Gasteiger partial charge in [0, 0.05) is 37.3 Å². The van der Waals surface area contributed by atoms with Crippen LogP contribution in [0.1, 0.15) is 30.9 Å². The van der Waals surface area contributed by atoms with Crippen molar-refractivity contribution < 1.29 is 9.53 Å². The summed E-state index contributed by atoms with van der Waals surface area (Å²) in [6, 6.07) is 13.9. The number of guanidine groups is 1. The highest BCUT2D eigenvalue weighted by atomic mass is 16.5. The zero-order chi connectivity index (χ0) is 20.3. The van der Waals surface area contributed by atoms with E-state index in [-0.39, 0.29) is 11.8 Å². The number of aromatic nitrogens is 1. The fraction of sp³-hybridized carbons (Fsp3) is 0.409. The summed E-state index contributed by atoms with van der Waals surface area (Å²) in [6.45, 7) is 4.89. The summed E-state index contributed by atoms with van der Waals surface area (Å²) < 4.78 is 5.90. The molecule has 154 valence electrons. The van der Waals surface area contributed by atoms with Crippen LogP contribution < -0.4 is 20.7 Å². The number of benzene rings is 1. The Hall–Kier alpha value is -3.09. The molecule has 2 aromatic rings. The molecule has 1 heterocycles. The van der Waals surface area contributed by atoms with Crippen molar-refractivity contribution in [3.05, 3.63) is 59.8 Å². The Kier molecular flexibility index (Phi) is 7.86. The van der Waals surface area contributed by atoms with Crippen molar-refractivity contribution in [1.29, 1.82) is 0 Å². The number of carbonyl (C=O) groups is 1. The van der Waals surface area contributed by atoms with Crippen molar-refractivity contribution in [2.45, 2.75) is 32.9 Å². The molecule has 3 rings (SSSR count). The number of carbonyl (C=O) groups excluding carboxylic acids is 1. The fourth-order valence-electron chi connectivity index (χ4n) is 2.76. The molecule has 1 aliphatic rings. The van der Waals surface area contributed by atoms with E-state index in [1.807, 2.05) is 49.4 Å². The molecule has 1 amide bonds. The number of rotatable bonds is 10. The molecular weight excluding hydrogens is 366 g/mol. The van der Waals surface area contributed by atoms with Gasteiger partial charge in [0.05, 0.1) is 6.54 Å². The van der Waals surface area contributed by atoms with Crippen molar-refractivity contribution in [1.82, 2.24) is 20.9 Å². The predicted octanol–water partition coefficient (Wildman–Crippen LogP) is 2.24. The van der Waals surface area contributed by atoms with E-state index < -0.39 is 0 Å². The Morgan fingerprint density at radius 3 is 2.66 bits per heavy atom. The van der Waals surface area contributed by atoms with Gasteiger partial charge in [-0.2, -0.15) is 0 Å². The number of nitrogens with zero attached hydrogens (tertiary/aromatic N) is 2. The third-order valence-corrected chi connectivity index (χ3v) is 4.48. The van der Waals surface area contributed by atoms with Gasteiger partial charge in [-0.3, -0.25) is 4.79 Å². The lowest BCUT2D eigenvalue weighted by atomic mass is 10.2. The fourth-order valence-corrected chi connectivity index (χ4v) is 2.76. The zero-order valence-electron chi connectivity index (χ0n) is 16.9. The Bertz CT molecular complexity index is 806. The second kappa shape index (κ2) is 11.0. The van der Waals surface area contributed by atoms with Gasteiger partial charge in [0.15, 0.2) is 5.96 Å². The van der Waals surface area contributed by atoms with Crippen molar-refractivity contribution >= 4 is 11.9 Å². The highest BCUT2D eigenvalue weighted by molar-refractivity contribution is 5.81. The molecule has 0 atom stereocenters. The van der Waals surface area contributed by atoms with E-state index >= 15 is 0 Å². The Morgan fingerprint density at radius 1 is 1.10 bits per heavy atom.